The second-order valence-electron chi connectivity index (χ2n) is 5.36. The largest absolute Gasteiger partial charge is 0.461 e. The van der Waals surface area contributed by atoms with Gasteiger partial charge in [0, 0.05) is 12.1 Å². The fraction of sp³-hybridized carbons (Fsp3) is 0.353. The van der Waals surface area contributed by atoms with Gasteiger partial charge in [-0.2, -0.15) is 0 Å². The standard InChI is InChI=1S/C17H20N2O3/c1-4-22-17(21)15-16(20)18-10-13(19-15)14(11(2)3)12-8-6-5-7-9-12/h5-11,14H,4H2,1-3H3,(H,18,20). The quantitative estimate of drug-likeness (QED) is 0.862. The van der Waals surface area contributed by atoms with Crippen molar-refractivity contribution in [3.63, 3.8) is 0 Å². The molecule has 0 spiro atoms. The number of hydrogen-bond donors (Lipinski definition) is 1. The Bertz CT molecular complexity index is 693. The minimum absolute atomic E-state index is 0.00812. The van der Waals surface area contributed by atoms with E-state index >= 15 is 0 Å². The second kappa shape index (κ2) is 7.02. The van der Waals surface area contributed by atoms with Gasteiger partial charge in [-0.15, -0.1) is 0 Å². The van der Waals surface area contributed by atoms with Gasteiger partial charge < -0.3 is 9.72 Å². The number of nitrogens with one attached hydrogen (secondary N) is 1. The first kappa shape index (κ1) is 15.9. The molecule has 2 rings (SSSR count). The van der Waals surface area contributed by atoms with Crippen LogP contribution in [0.2, 0.25) is 0 Å². The molecule has 1 atom stereocenters. The van der Waals surface area contributed by atoms with Crippen LogP contribution in [0.4, 0.5) is 0 Å². The zero-order chi connectivity index (χ0) is 16.1. The highest BCUT2D eigenvalue weighted by Gasteiger charge is 2.23. The molecule has 0 saturated carbocycles. The van der Waals surface area contributed by atoms with Gasteiger partial charge in [0.25, 0.3) is 5.56 Å². The third kappa shape index (κ3) is 3.42. The van der Waals surface area contributed by atoms with E-state index in [-0.39, 0.29) is 24.1 Å². The summed E-state index contributed by atoms with van der Waals surface area (Å²) in [5.74, 6) is -0.441. The van der Waals surface area contributed by atoms with Gasteiger partial charge in [0.05, 0.1) is 12.3 Å². The maximum absolute atomic E-state index is 11.8. The molecule has 22 heavy (non-hydrogen) atoms. The molecule has 0 fully saturated rings. The van der Waals surface area contributed by atoms with Gasteiger partial charge in [0.1, 0.15) is 0 Å². The van der Waals surface area contributed by atoms with Gasteiger partial charge in [-0.1, -0.05) is 44.2 Å². The number of aromatic nitrogens is 2. The molecule has 5 heteroatoms. The molecule has 116 valence electrons. The predicted molar refractivity (Wildman–Crippen MR) is 83.9 cm³/mol. The first-order chi connectivity index (χ1) is 10.5. The topological polar surface area (TPSA) is 72.0 Å². The molecule has 0 aliphatic rings. The molecule has 0 saturated heterocycles. The molecule has 0 radical (unpaired) electrons. The number of rotatable bonds is 5. The van der Waals surface area contributed by atoms with Crippen LogP contribution in [-0.2, 0) is 4.74 Å². The Labute approximate surface area is 129 Å². The van der Waals surface area contributed by atoms with E-state index in [1.54, 1.807) is 13.1 Å². The van der Waals surface area contributed by atoms with Crippen molar-refractivity contribution >= 4 is 5.97 Å². The van der Waals surface area contributed by atoms with Gasteiger partial charge in [-0.05, 0) is 18.4 Å². The summed E-state index contributed by atoms with van der Waals surface area (Å²) in [6.07, 6.45) is 1.57. The fourth-order valence-electron chi connectivity index (χ4n) is 2.47. The van der Waals surface area contributed by atoms with Gasteiger partial charge in [-0.3, -0.25) is 4.79 Å². The van der Waals surface area contributed by atoms with Gasteiger partial charge in [-0.25, -0.2) is 9.78 Å². The number of carbonyl (C=O) groups is 1. The Hall–Kier alpha value is -2.43. The van der Waals surface area contributed by atoms with E-state index in [2.05, 4.69) is 23.8 Å². The van der Waals surface area contributed by atoms with Crippen LogP contribution in [0, 0.1) is 5.92 Å². The normalized spacial score (nSPS) is 12.2. The summed E-state index contributed by atoms with van der Waals surface area (Å²) >= 11 is 0. The van der Waals surface area contributed by atoms with Crippen molar-refractivity contribution in [1.29, 1.82) is 0 Å². The molecular weight excluding hydrogens is 280 g/mol. The SMILES string of the molecule is CCOC(=O)c1nc(C(c2ccccc2)C(C)C)c[nH]c1=O. The van der Waals surface area contributed by atoms with Crippen molar-refractivity contribution in [3.8, 4) is 0 Å². The van der Waals surface area contributed by atoms with E-state index in [0.717, 1.165) is 5.56 Å². The summed E-state index contributed by atoms with van der Waals surface area (Å²) in [7, 11) is 0. The summed E-state index contributed by atoms with van der Waals surface area (Å²) in [6.45, 7) is 6.05. The number of benzene rings is 1. The van der Waals surface area contributed by atoms with Crippen molar-refractivity contribution in [3.05, 3.63) is 63.8 Å². The average Bonchev–Trinajstić information content (AvgIpc) is 2.50. The smallest absolute Gasteiger partial charge is 0.362 e. The van der Waals surface area contributed by atoms with Gasteiger partial charge >= 0.3 is 5.97 Å². The van der Waals surface area contributed by atoms with Crippen molar-refractivity contribution in [2.75, 3.05) is 6.61 Å². The number of hydrogen-bond acceptors (Lipinski definition) is 4. The van der Waals surface area contributed by atoms with Crippen LogP contribution in [0.5, 0.6) is 0 Å². The van der Waals surface area contributed by atoms with Crippen molar-refractivity contribution in [2.24, 2.45) is 5.92 Å². The fourth-order valence-corrected chi connectivity index (χ4v) is 2.47. The van der Waals surface area contributed by atoms with Crippen LogP contribution < -0.4 is 5.56 Å². The zero-order valence-corrected chi connectivity index (χ0v) is 13.0. The highest BCUT2D eigenvalue weighted by molar-refractivity contribution is 5.86. The van der Waals surface area contributed by atoms with Gasteiger partial charge in [0.15, 0.2) is 0 Å². The molecule has 1 aromatic heterocycles. The third-order valence-corrected chi connectivity index (χ3v) is 3.42. The van der Waals surface area contributed by atoms with E-state index in [9.17, 15) is 9.59 Å². The monoisotopic (exact) mass is 300 g/mol. The molecule has 0 aliphatic carbocycles. The van der Waals surface area contributed by atoms with E-state index in [0.29, 0.717) is 5.69 Å². The number of ether oxygens (including phenoxy) is 1. The first-order valence-electron chi connectivity index (χ1n) is 7.36. The second-order valence-corrected chi connectivity index (χ2v) is 5.36. The minimum atomic E-state index is -0.693. The Morgan fingerprint density at radius 3 is 2.55 bits per heavy atom. The average molecular weight is 300 g/mol. The highest BCUT2D eigenvalue weighted by atomic mass is 16.5. The minimum Gasteiger partial charge on any atom is -0.461 e. The molecule has 1 N–H and O–H groups in total. The lowest BCUT2D eigenvalue weighted by Gasteiger charge is -2.21. The number of esters is 1. The Morgan fingerprint density at radius 1 is 1.27 bits per heavy atom. The molecule has 1 aromatic carbocycles. The first-order valence-corrected chi connectivity index (χ1v) is 7.36. The molecule has 1 unspecified atom stereocenters. The molecule has 0 bridgehead atoms. The number of carbonyl (C=O) groups excluding carboxylic acids is 1. The van der Waals surface area contributed by atoms with Crippen molar-refractivity contribution in [2.45, 2.75) is 26.7 Å². The molecule has 0 amide bonds. The Kier molecular flexibility index (Phi) is 5.09. The van der Waals surface area contributed by atoms with Crippen LogP contribution in [0.3, 0.4) is 0 Å². The van der Waals surface area contributed by atoms with E-state index in [4.69, 9.17) is 4.74 Å². The van der Waals surface area contributed by atoms with Crippen LogP contribution in [0.1, 0.15) is 48.4 Å². The van der Waals surface area contributed by atoms with Crippen molar-refractivity contribution in [1.82, 2.24) is 9.97 Å². The molecular formula is C17H20N2O3. The van der Waals surface area contributed by atoms with Crippen LogP contribution in [0.25, 0.3) is 0 Å². The summed E-state index contributed by atoms with van der Waals surface area (Å²) in [5.41, 5.74) is 1.02. The zero-order valence-electron chi connectivity index (χ0n) is 13.0. The van der Waals surface area contributed by atoms with Crippen molar-refractivity contribution < 1.29 is 9.53 Å². The van der Waals surface area contributed by atoms with Crippen LogP contribution >= 0.6 is 0 Å². The Balaban J connectivity index is 2.48. The molecule has 0 aliphatic heterocycles. The summed E-state index contributed by atoms with van der Waals surface area (Å²) in [5, 5.41) is 0. The molecule has 1 heterocycles. The maximum atomic E-state index is 11.8. The lowest BCUT2D eigenvalue weighted by molar-refractivity contribution is 0.0516. The van der Waals surface area contributed by atoms with E-state index in [1.165, 1.54) is 0 Å². The third-order valence-electron chi connectivity index (χ3n) is 3.42. The number of H-pyrrole nitrogens is 1. The van der Waals surface area contributed by atoms with Crippen LogP contribution in [0.15, 0.2) is 41.3 Å². The lowest BCUT2D eigenvalue weighted by atomic mass is 9.86. The summed E-state index contributed by atoms with van der Waals surface area (Å²) < 4.78 is 4.89. The van der Waals surface area contributed by atoms with Crippen LogP contribution in [-0.4, -0.2) is 22.5 Å². The van der Waals surface area contributed by atoms with Gasteiger partial charge in [0.2, 0.25) is 5.69 Å². The lowest BCUT2D eigenvalue weighted by Crippen LogP contribution is -2.24. The van der Waals surface area contributed by atoms with E-state index in [1.807, 2.05) is 30.3 Å². The highest BCUT2D eigenvalue weighted by Crippen LogP contribution is 2.29. The Morgan fingerprint density at radius 2 is 1.95 bits per heavy atom. The number of nitrogens with zero attached hydrogens (tertiary/aromatic N) is 1. The molecule has 5 nitrogen and oxygen atoms in total. The predicted octanol–water partition coefficient (Wildman–Crippen LogP) is 2.73. The number of aromatic amines is 1. The maximum Gasteiger partial charge on any atom is 0.362 e. The molecule has 2 aromatic rings. The summed E-state index contributed by atoms with van der Waals surface area (Å²) in [6, 6.07) is 9.90. The summed E-state index contributed by atoms with van der Waals surface area (Å²) in [4.78, 5) is 30.5. The van der Waals surface area contributed by atoms with E-state index < -0.39 is 11.5 Å².